The maximum absolute atomic E-state index is 12.9. The van der Waals surface area contributed by atoms with Crippen LogP contribution in [-0.4, -0.2) is 8.42 Å². The first-order chi connectivity index (χ1) is 14.9. The van der Waals surface area contributed by atoms with Gasteiger partial charge in [0, 0.05) is 11.4 Å². The third kappa shape index (κ3) is 6.32. The maximum Gasteiger partial charge on any atom is 0.206 e. The number of sulfone groups is 1. The number of ether oxygens (including phenoxy) is 2. The van der Waals surface area contributed by atoms with Crippen LogP contribution in [0.4, 0.5) is 11.4 Å². The van der Waals surface area contributed by atoms with E-state index >= 15 is 0 Å². The highest BCUT2D eigenvalue weighted by Crippen LogP contribution is 2.28. The number of hydrogen-bond acceptors (Lipinski definition) is 6. The van der Waals surface area contributed by atoms with Gasteiger partial charge in [-0.1, -0.05) is 0 Å². The van der Waals surface area contributed by atoms with Crippen molar-refractivity contribution in [1.82, 2.24) is 0 Å². The highest BCUT2D eigenvalue weighted by molar-refractivity contribution is 7.91. The van der Waals surface area contributed by atoms with Gasteiger partial charge in [0.25, 0.3) is 0 Å². The number of nitrogen functional groups attached to an aromatic ring is 2. The van der Waals surface area contributed by atoms with Crippen molar-refractivity contribution in [3.8, 4) is 23.0 Å². The van der Waals surface area contributed by atoms with Gasteiger partial charge in [-0.2, -0.15) is 0 Å². The van der Waals surface area contributed by atoms with Crippen molar-refractivity contribution < 1.29 is 17.9 Å². The first-order valence-electron chi connectivity index (χ1n) is 9.42. The molecule has 4 rings (SSSR count). The smallest absolute Gasteiger partial charge is 0.206 e. The molecule has 0 heterocycles. The van der Waals surface area contributed by atoms with Crippen molar-refractivity contribution in [3.63, 3.8) is 0 Å². The lowest BCUT2D eigenvalue weighted by atomic mass is 10.3. The molecule has 172 valence electrons. The molecule has 0 aliphatic carbocycles. The van der Waals surface area contributed by atoms with E-state index in [0.717, 1.165) is 0 Å². The van der Waals surface area contributed by atoms with E-state index in [0.29, 0.717) is 34.4 Å². The van der Waals surface area contributed by atoms with Crippen molar-refractivity contribution >= 4 is 46.0 Å². The molecule has 0 saturated carbocycles. The van der Waals surface area contributed by atoms with Crippen molar-refractivity contribution in [2.75, 3.05) is 11.5 Å². The van der Waals surface area contributed by atoms with Crippen LogP contribution in [0.5, 0.6) is 23.0 Å². The number of hydrogen-bond donors (Lipinski definition) is 2. The lowest BCUT2D eigenvalue weighted by Gasteiger charge is -2.09. The summed E-state index contributed by atoms with van der Waals surface area (Å²) in [7, 11) is -3.67. The second-order valence-electron chi connectivity index (χ2n) is 6.79. The topological polar surface area (TPSA) is 105 Å². The van der Waals surface area contributed by atoms with E-state index in [2.05, 4.69) is 0 Å². The zero-order chi connectivity index (χ0) is 21.8. The molecule has 0 unspecified atom stereocenters. The van der Waals surface area contributed by atoms with Crippen LogP contribution >= 0.6 is 24.8 Å². The minimum atomic E-state index is -3.67. The summed E-state index contributed by atoms with van der Waals surface area (Å²) in [5, 5.41) is 0. The zero-order valence-corrected chi connectivity index (χ0v) is 19.7. The van der Waals surface area contributed by atoms with Crippen molar-refractivity contribution in [2.45, 2.75) is 9.79 Å². The quantitative estimate of drug-likeness (QED) is 0.306. The van der Waals surface area contributed by atoms with E-state index in [4.69, 9.17) is 20.9 Å². The second kappa shape index (κ2) is 11.0. The Morgan fingerprint density at radius 1 is 0.455 bits per heavy atom. The minimum absolute atomic E-state index is 0. The van der Waals surface area contributed by atoms with Gasteiger partial charge in [0.1, 0.15) is 23.0 Å². The van der Waals surface area contributed by atoms with Crippen molar-refractivity contribution in [2.24, 2.45) is 0 Å². The van der Waals surface area contributed by atoms with Crippen molar-refractivity contribution in [1.29, 1.82) is 0 Å². The van der Waals surface area contributed by atoms with Crippen LogP contribution in [0.15, 0.2) is 107 Å². The predicted molar refractivity (Wildman–Crippen MR) is 135 cm³/mol. The summed E-state index contributed by atoms with van der Waals surface area (Å²) in [5.74, 6) is 2.27. The van der Waals surface area contributed by atoms with Gasteiger partial charge in [-0.05, 0) is 97.1 Å². The fraction of sp³-hybridized carbons (Fsp3) is 0. The zero-order valence-electron chi connectivity index (χ0n) is 17.3. The molecular formula is C24H22Cl2N2O4S. The second-order valence-corrected chi connectivity index (χ2v) is 8.74. The van der Waals surface area contributed by atoms with Crippen LogP contribution in [-0.2, 0) is 9.84 Å². The molecule has 0 fully saturated rings. The number of anilines is 2. The number of nitrogens with two attached hydrogens (primary N) is 2. The van der Waals surface area contributed by atoms with Gasteiger partial charge in [0.2, 0.25) is 9.84 Å². The monoisotopic (exact) mass is 504 g/mol. The van der Waals surface area contributed by atoms with Crippen LogP contribution < -0.4 is 20.9 Å². The fourth-order valence-corrected chi connectivity index (χ4v) is 4.11. The Labute approximate surface area is 204 Å². The average molecular weight is 505 g/mol. The normalized spacial score (nSPS) is 10.4. The first kappa shape index (κ1) is 25.9. The summed E-state index contributed by atoms with van der Waals surface area (Å²) in [6, 6.07) is 26.4. The molecule has 0 bridgehead atoms. The number of rotatable bonds is 6. The molecule has 0 aliphatic heterocycles. The highest BCUT2D eigenvalue weighted by atomic mass is 35.5. The Balaban J connectivity index is 0.00000193. The molecule has 0 radical (unpaired) electrons. The molecule has 4 aromatic carbocycles. The molecule has 0 amide bonds. The highest BCUT2D eigenvalue weighted by Gasteiger charge is 2.18. The van der Waals surface area contributed by atoms with E-state index in [1.807, 2.05) is 0 Å². The van der Waals surface area contributed by atoms with Gasteiger partial charge in [-0.3, -0.25) is 0 Å². The van der Waals surface area contributed by atoms with E-state index in [1.165, 1.54) is 24.3 Å². The predicted octanol–water partition coefficient (Wildman–Crippen LogP) is 6.11. The largest absolute Gasteiger partial charge is 0.457 e. The molecule has 0 aliphatic rings. The molecular weight excluding hydrogens is 483 g/mol. The summed E-state index contributed by atoms with van der Waals surface area (Å²) in [5.41, 5.74) is 12.6. The van der Waals surface area contributed by atoms with Crippen LogP contribution in [0.25, 0.3) is 0 Å². The lowest BCUT2D eigenvalue weighted by Crippen LogP contribution is -2.01. The van der Waals surface area contributed by atoms with E-state index in [-0.39, 0.29) is 34.6 Å². The minimum Gasteiger partial charge on any atom is -0.457 e. The molecule has 0 atom stereocenters. The van der Waals surface area contributed by atoms with Gasteiger partial charge < -0.3 is 20.9 Å². The first-order valence-corrected chi connectivity index (χ1v) is 10.9. The fourth-order valence-electron chi connectivity index (χ4n) is 2.85. The van der Waals surface area contributed by atoms with E-state index < -0.39 is 9.84 Å². The van der Waals surface area contributed by atoms with E-state index in [9.17, 15) is 8.42 Å². The molecule has 0 aromatic heterocycles. The molecule has 4 N–H and O–H groups in total. The van der Waals surface area contributed by atoms with Crippen molar-refractivity contribution in [3.05, 3.63) is 97.1 Å². The Kier molecular flexibility index (Phi) is 8.59. The SMILES string of the molecule is Cl.Cl.Nc1ccc(Oc2ccc(S(=O)(=O)c3ccc(Oc4ccc(N)cc4)cc3)cc2)cc1. The Morgan fingerprint density at radius 2 is 0.697 bits per heavy atom. The average Bonchev–Trinajstić information content (AvgIpc) is 2.78. The lowest BCUT2D eigenvalue weighted by molar-refractivity contribution is 0.482. The molecule has 33 heavy (non-hydrogen) atoms. The van der Waals surface area contributed by atoms with Gasteiger partial charge in [0.15, 0.2) is 0 Å². The molecule has 0 spiro atoms. The maximum atomic E-state index is 12.9. The standard InChI is InChI=1S/C24H20N2O4S.2ClH/c25-17-1-5-19(6-2-17)29-21-9-13-23(14-10-21)31(27,28)24-15-11-22(12-16-24)30-20-7-3-18(26)4-8-20;;/h1-16H,25-26H2;2*1H. The summed E-state index contributed by atoms with van der Waals surface area (Å²) in [6.07, 6.45) is 0. The molecule has 0 saturated heterocycles. The number of halogens is 2. The summed E-state index contributed by atoms with van der Waals surface area (Å²) >= 11 is 0. The van der Waals surface area contributed by atoms with Gasteiger partial charge in [0.05, 0.1) is 9.79 Å². The summed E-state index contributed by atoms with van der Waals surface area (Å²) in [4.78, 5) is 0.341. The van der Waals surface area contributed by atoms with Gasteiger partial charge >= 0.3 is 0 Å². The molecule has 9 heteroatoms. The van der Waals surface area contributed by atoms with Crippen LogP contribution in [0.3, 0.4) is 0 Å². The third-order valence-corrected chi connectivity index (χ3v) is 6.29. The summed E-state index contributed by atoms with van der Waals surface area (Å²) in [6.45, 7) is 0. The van der Waals surface area contributed by atoms with E-state index in [1.54, 1.807) is 72.8 Å². The third-order valence-electron chi connectivity index (χ3n) is 4.50. The summed E-state index contributed by atoms with van der Waals surface area (Å²) < 4.78 is 37.3. The van der Waals surface area contributed by atoms with Crippen LogP contribution in [0, 0.1) is 0 Å². The number of benzene rings is 4. The van der Waals surface area contributed by atoms with Gasteiger partial charge in [-0.15, -0.1) is 24.8 Å². The van der Waals surface area contributed by atoms with Crippen LogP contribution in [0.1, 0.15) is 0 Å². The molecule has 4 aromatic rings. The molecule has 6 nitrogen and oxygen atoms in total. The Bertz CT molecular complexity index is 1180. The van der Waals surface area contributed by atoms with Gasteiger partial charge in [-0.25, -0.2) is 8.42 Å². The Morgan fingerprint density at radius 3 is 0.970 bits per heavy atom. The Hall–Kier alpha value is -3.39. The van der Waals surface area contributed by atoms with Crippen LogP contribution in [0.2, 0.25) is 0 Å².